The van der Waals surface area contributed by atoms with Crippen molar-refractivity contribution >= 4 is 37.6 Å². The summed E-state index contributed by atoms with van der Waals surface area (Å²) in [6.45, 7) is 1.71. The fraction of sp³-hybridized carbons (Fsp3) is 0.143. The van der Waals surface area contributed by atoms with Crippen molar-refractivity contribution in [2.75, 3.05) is 0 Å². The highest BCUT2D eigenvalue weighted by Crippen LogP contribution is 2.27. The zero-order valence-corrected chi connectivity index (χ0v) is 9.87. The van der Waals surface area contributed by atoms with E-state index in [0.717, 1.165) is 0 Å². The summed E-state index contributed by atoms with van der Waals surface area (Å²) in [6, 6.07) is 2.94. The number of halogens is 2. The molecule has 1 aromatic rings. The Morgan fingerprint density at radius 2 is 2.00 bits per heavy atom. The number of rotatable bonds is 1. The van der Waals surface area contributed by atoms with Crippen LogP contribution in [-0.2, 0) is 10.0 Å². The van der Waals surface area contributed by atoms with E-state index in [4.69, 9.17) is 16.7 Å². The van der Waals surface area contributed by atoms with E-state index in [2.05, 4.69) is 15.9 Å². The van der Waals surface area contributed by atoms with E-state index in [0.29, 0.717) is 15.1 Å². The second kappa shape index (κ2) is 3.57. The van der Waals surface area contributed by atoms with Gasteiger partial charge in [0.2, 0.25) is 10.0 Å². The quantitative estimate of drug-likeness (QED) is 0.858. The Labute approximate surface area is 90.1 Å². The molecule has 1 rings (SSSR count). The lowest BCUT2D eigenvalue weighted by Gasteiger charge is -2.04. The van der Waals surface area contributed by atoms with Gasteiger partial charge in [-0.15, -0.1) is 0 Å². The number of primary sulfonamides is 1. The Bertz CT molecular complexity index is 444. The van der Waals surface area contributed by atoms with E-state index < -0.39 is 10.0 Å². The molecule has 0 aliphatic heterocycles. The van der Waals surface area contributed by atoms with Crippen LogP contribution in [0.2, 0.25) is 5.02 Å². The molecule has 6 heteroatoms. The van der Waals surface area contributed by atoms with Crippen LogP contribution in [0.3, 0.4) is 0 Å². The monoisotopic (exact) mass is 283 g/mol. The number of benzene rings is 1. The number of sulfonamides is 1. The lowest BCUT2D eigenvalue weighted by Crippen LogP contribution is -2.13. The number of aryl methyl sites for hydroxylation is 1. The molecule has 72 valence electrons. The van der Waals surface area contributed by atoms with Gasteiger partial charge in [0.25, 0.3) is 0 Å². The predicted octanol–water partition coefficient (Wildman–Crippen LogP) is 2.06. The topological polar surface area (TPSA) is 60.2 Å². The molecular formula is C7H7BrClNO2S. The van der Waals surface area contributed by atoms with Crippen LogP contribution in [0.5, 0.6) is 0 Å². The summed E-state index contributed by atoms with van der Waals surface area (Å²) in [6.07, 6.45) is 0. The lowest BCUT2D eigenvalue weighted by atomic mass is 10.2. The molecule has 0 saturated carbocycles. The van der Waals surface area contributed by atoms with Crippen molar-refractivity contribution in [3.63, 3.8) is 0 Å². The molecule has 1 aromatic carbocycles. The molecule has 3 nitrogen and oxygen atoms in total. The molecule has 0 aliphatic carbocycles. The minimum Gasteiger partial charge on any atom is -0.225 e. The maximum Gasteiger partial charge on any atom is 0.239 e. The first-order valence-corrected chi connectivity index (χ1v) is 6.02. The molecule has 0 atom stereocenters. The van der Waals surface area contributed by atoms with Crippen molar-refractivity contribution in [1.82, 2.24) is 0 Å². The number of nitrogens with two attached hydrogens (primary N) is 1. The third kappa shape index (κ3) is 2.43. The lowest BCUT2D eigenvalue weighted by molar-refractivity contribution is 0.597. The fourth-order valence-electron chi connectivity index (χ4n) is 0.849. The Balaban J connectivity index is 3.50. The molecule has 0 aliphatic rings. The van der Waals surface area contributed by atoms with Crippen LogP contribution in [0.4, 0.5) is 0 Å². The summed E-state index contributed by atoms with van der Waals surface area (Å²) in [5.74, 6) is 0. The first-order valence-electron chi connectivity index (χ1n) is 3.31. The largest absolute Gasteiger partial charge is 0.239 e. The summed E-state index contributed by atoms with van der Waals surface area (Å²) in [5, 5.41) is 5.48. The molecule has 0 saturated heterocycles. The number of hydrogen-bond acceptors (Lipinski definition) is 2. The van der Waals surface area contributed by atoms with Gasteiger partial charge in [-0.3, -0.25) is 0 Å². The van der Waals surface area contributed by atoms with Gasteiger partial charge in [0.05, 0.1) is 4.90 Å². The highest BCUT2D eigenvalue weighted by molar-refractivity contribution is 9.10. The molecule has 0 fully saturated rings. The van der Waals surface area contributed by atoms with Gasteiger partial charge in [0.1, 0.15) is 0 Å². The van der Waals surface area contributed by atoms with Gasteiger partial charge in [-0.25, -0.2) is 13.6 Å². The fourth-order valence-corrected chi connectivity index (χ4v) is 2.84. The van der Waals surface area contributed by atoms with Crippen LogP contribution >= 0.6 is 27.5 Å². The second-order valence-corrected chi connectivity index (χ2v) is 5.37. The van der Waals surface area contributed by atoms with Gasteiger partial charge < -0.3 is 0 Å². The molecule has 0 heterocycles. The van der Waals surface area contributed by atoms with Gasteiger partial charge >= 0.3 is 0 Å². The van der Waals surface area contributed by atoms with E-state index in [1.807, 2.05) is 0 Å². The van der Waals surface area contributed by atoms with E-state index in [-0.39, 0.29) is 4.90 Å². The highest BCUT2D eigenvalue weighted by atomic mass is 79.9. The van der Waals surface area contributed by atoms with Gasteiger partial charge in [-0.2, -0.15) is 0 Å². The van der Waals surface area contributed by atoms with Crippen LogP contribution in [0.1, 0.15) is 5.56 Å². The van der Waals surface area contributed by atoms with Gasteiger partial charge in [-0.1, -0.05) is 11.6 Å². The predicted molar refractivity (Wildman–Crippen MR) is 55.3 cm³/mol. The van der Waals surface area contributed by atoms with E-state index in [1.54, 1.807) is 6.92 Å². The van der Waals surface area contributed by atoms with Gasteiger partial charge in [0, 0.05) is 9.50 Å². The normalized spacial score (nSPS) is 11.7. The maximum atomic E-state index is 11.0. The van der Waals surface area contributed by atoms with Crippen molar-refractivity contribution in [2.45, 2.75) is 11.8 Å². The summed E-state index contributed by atoms with van der Waals surface area (Å²) < 4.78 is 22.4. The van der Waals surface area contributed by atoms with Gasteiger partial charge in [0.15, 0.2) is 0 Å². The second-order valence-electron chi connectivity index (χ2n) is 2.58. The summed E-state index contributed by atoms with van der Waals surface area (Å²) >= 11 is 8.84. The molecule has 2 N–H and O–H groups in total. The Hall–Kier alpha value is -0.100. The minimum absolute atomic E-state index is 0.0504. The summed E-state index contributed by atoms with van der Waals surface area (Å²) in [7, 11) is -3.68. The van der Waals surface area contributed by atoms with Gasteiger partial charge in [-0.05, 0) is 40.5 Å². The molecule has 0 spiro atoms. The standard InChI is InChI=1S/C7H7BrClNO2S/c1-4-2-7(13(10,11)12)5(8)3-6(4)9/h2-3H,1H3,(H2,10,11,12). The summed E-state index contributed by atoms with van der Waals surface area (Å²) in [5.41, 5.74) is 0.675. The van der Waals surface area contributed by atoms with Crippen LogP contribution < -0.4 is 5.14 Å². The van der Waals surface area contributed by atoms with E-state index in [1.165, 1.54) is 12.1 Å². The third-order valence-electron chi connectivity index (χ3n) is 1.52. The van der Waals surface area contributed by atoms with E-state index in [9.17, 15) is 8.42 Å². The zero-order valence-electron chi connectivity index (χ0n) is 6.71. The smallest absolute Gasteiger partial charge is 0.225 e. The highest BCUT2D eigenvalue weighted by Gasteiger charge is 2.13. The molecule has 13 heavy (non-hydrogen) atoms. The number of hydrogen-bond donors (Lipinski definition) is 1. The molecule has 0 aromatic heterocycles. The van der Waals surface area contributed by atoms with Crippen LogP contribution in [0.25, 0.3) is 0 Å². The third-order valence-corrected chi connectivity index (χ3v) is 3.80. The van der Waals surface area contributed by atoms with Crippen LogP contribution in [0.15, 0.2) is 21.5 Å². The Morgan fingerprint density at radius 3 is 2.46 bits per heavy atom. The first kappa shape index (κ1) is 11.0. The molecule has 0 unspecified atom stereocenters. The first-order chi connectivity index (χ1) is 5.82. The van der Waals surface area contributed by atoms with Crippen molar-refractivity contribution in [3.8, 4) is 0 Å². The molecular weight excluding hydrogens is 278 g/mol. The van der Waals surface area contributed by atoms with Crippen molar-refractivity contribution < 1.29 is 8.42 Å². The molecule has 0 radical (unpaired) electrons. The zero-order chi connectivity index (χ0) is 10.2. The average molecular weight is 285 g/mol. The molecule has 0 bridgehead atoms. The van der Waals surface area contributed by atoms with Crippen molar-refractivity contribution in [2.24, 2.45) is 5.14 Å². The van der Waals surface area contributed by atoms with Crippen molar-refractivity contribution in [1.29, 1.82) is 0 Å². The summed E-state index contributed by atoms with van der Waals surface area (Å²) in [4.78, 5) is 0.0504. The average Bonchev–Trinajstić information content (AvgIpc) is 1.94. The Morgan fingerprint density at radius 1 is 1.46 bits per heavy atom. The maximum absolute atomic E-state index is 11.0. The SMILES string of the molecule is Cc1cc(S(N)(=O)=O)c(Br)cc1Cl. The van der Waals surface area contributed by atoms with Crippen LogP contribution in [-0.4, -0.2) is 8.42 Å². The molecule has 0 amide bonds. The van der Waals surface area contributed by atoms with E-state index >= 15 is 0 Å². The Kier molecular flexibility index (Phi) is 3.01. The van der Waals surface area contributed by atoms with Crippen molar-refractivity contribution in [3.05, 3.63) is 27.2 Å². The minimum atomic E-state index is -3.68. The van der Waals surface area contributed by atoms with Crippen LogP contribution in [0, 0.1) is 6.92 Å².